The Hall–Kier alpha value is -0.870. The molecule has 1 amide bonds. The number of carbonyl (C=O) groups is 1. The first-order chi connectivity index (χ1) is 9.04. The molecule has 2 unspecified atom stereocenters. The quantitative estimate of drug-likeness (QED) is 0.908. The van der Waals surface area contributed by atoms with Gasteiger partial charge in [-0.15, -0.1) is 0 Å². The maximum atomic E-state index is 12.2. The summed E-state index contributed by atoms with van der Waals surface area (Å²) in [5.74, 6) is 0.216. The molecule has 0 bridgehead atoms. The monoisotopic (exact) mass is 324 g/mol. The van der Waals surface area contributed by atoms with Crippen LogP contribution in [0.3, 0.4) is 0 Å². The maximum absolute atomic E-state index is 12.2. The summed E-state index contributed by atoms with van der Waals surface area (Å²) in [6.45, 7) is 4.78. The van der Waals surface area contributed by atoms with Crippen LogP contribution in [-0.4, -0.2) is 23.4 Å². The number of aryl methyl sites for hydroxylation is 1. The van der Waals surface area contributed by atoms with Crippen LogP contribution in [0.25, 0.3) is 0 Å². The zero-order valence-electron chi connectivity index (χ0n) is 11.5. The lowest BCUT2D eigenvalue weighted by Gasteiger charge is -2.33. The second kappa shape index (κ2) is 6.06. The third-order valence-corrected chi connectivity index (χ3v) is 4.49. The van der Waals surface area contributed by atoms with Crippen LogP contribution in [0.4, 0.5) is 0 Å². The molecular weight excluding hydrogens is 304 g/mol. The van der Waals surface area contributed by atoms with Crippen LogP contribution in [0.1, 0.15) is 43.4 Å². The minimum atomic E-state index is -0.0185. The Morgan fingerprint density at radius 3 is 2.84 bits per heavy atom. The van der Waals surface area contributed by atoms with E-state index in [0.717, 1.165) is 22.9 Å². The Morgan fingerprint density at radius 1 is 1.47 bits per heavy atom. The number of nitrogens with two attached hydrogens (primary N) is 1. The van der Waals surface area contributed by atoms with Gasteiger partial charge < -0.3 is 10.6 Å². The summed E-state index contributed by atoms with van der Waals surface area (Å²) in [7, 11) is 0. The summed E-state index contributed by atoms with van der Waals surface area (Å²) < 4.78 is 1.04. The molecule has 0 aromatic heterocycles. The number of nitrogens with zero attached hydrogens (tertiary/aromatic N) is 1. The SMILES string of the molecule is CCN1C(=O)CCCC(N)C1c1ccc(C)cc1Br. The molecule has 1 fully saturated rings. The Balaban J connectivity index is 2.44. The van der Waals surface area contributed by atoms with Gasteiger partial charge in [0.25, 0.3) is 0 Å². The van der Waals surface area contributed by atoms with Crippen LogP contribution < -0.4 is 5.73 Å². The second-order valence-electron chi connectivity index (χ2n) is 5.21. The topological polar surface area (TPSA) is 46.3 Å². The Bertz CT molecular complexity index is 475. The highest BCUT2D eigenvalue weighted by atomic mass is 79.9. The lowest BCUT2D eigenvalue weighted by molar-refractivity contribution is -0.133. The molecule has 2 atom stereocenters. The minimum Gasteiger partial charge on any atom is -0.334 e. The van der Waals surface area contributed by atoms with Crippen molar-refractivity contribution in [1.29, 1.82) is 0 Å². The van der Waals surface area contributed by atoms with Crippen molar-refractivity contribution in [2.75, 3.05) is 6.54 Å². The van der Waals surface area contributed by atoms with E-state index in [2.05, 4.69) is 41.1 Å². The molecule has 19 heavy (non-hydrogen) atoms. The number of amides is 1. The molecule has 4 heteroatoms. The first-order valence-electron chi connectivity index (χ1n) is 6.85. The number of rotatable bonds is 2. The van der Waals surface area contributed by atoms with Crippen molar-refractivity contribution in [1.82, 2.24) is 4.90 Å². The lowest BCUT2D eigenvalue weighted by atomic mass is 9.95. The second-order valence-corrected chi connectivity index (χ2v) is 6.06. The predicted octanol–water partition coefficient (Wildman–Crippen LogP) is 3.16. The molecule has 0 radical (unpaired) electrons. The first kappa shape index (κ1) is 14.5. The van der Waals surface area contributed by atoms with Gasteiger partial charge in [-0.05, 0) is 43.9 Å². The number of halogens is 1. The van der Waals surface area contributed by atoms with Gasteiger partial charge in [0.1, 0.15) is 0 Å². The maximum Gasteiger partial charge on any atom is 0.223 e. The van der Waals surface area contributed by atoms with Crippen molar-refractivity contribution in [2.24, 2.45) is 5.73 Å². The standard InChI is InChI=1S/C15H21BrN2O/c1-3-18-14(19)6-4-5-13(17)15(18)11-8-7-10(2)9-12(11)16/h7-9,13,15H,3-6,17H2,1-2H3. The molecule has 1 aromatic rings. The van der Waals surface area contributed by atoms with Gasteiger partial charge in [0.05, 0.1) is 6.04 Å². The Labute approximate surface area is 123 Å². The van der Waals surface area contributed by atoms with Gasteiger partial charge in [-0.3, -0.25) is 4.79 Å². The molecule has 0 aliphatic carbocycles. The highest BCUT2D eigenvalue weighted by Crippen LogP contribution is 2.34. The molecule has 1 aliphatic heterocycles. The summed E-state index contributed by atoms with van der Waals surface area (Å²) in [5.41, 5.74) is 8.65. The van der Waals surface area contributed by atoms with Crippen LogP contribution in [0.2, 0.25) is 0 Å². The number of likely N-dealkylation sites (tertiary alicyclic amines) is 1. The summed E-state index contributed by atoms with van der Waals surface area (Å²) in [6, 6.07) is 6.24. The smallest absolute Gasteiger partial charge is 0.223 e. The van der Waals surface area contributed by atoms with Gasteiger partial charge in [0.15, 0.2) is 0 Å². The average molecular weight is 325 g/mol. The van der Waals surface area contributed by atoms with Crippen molar-refractivity contribution < 1.29 is 4.79 Å². The van der Waals surface area contributed by atoms with E-state index in [1.54, 1.807) is 0 Å². The number of hydrogen-bond donors (Lipinski definition) is 1. The van der Waals surface area contributed by atoms with Gasteiger partial charge in [-0.2, -0.15) is 0 Å². The van der Waals surface area contributed by atoms with Gasteiger partial charge in [-0.25, -0.2) is 0 Å². The molecule has 2 rings (SSSR count). The van der Waals surface area contributed by atoms with Crippen molar-refractivity contribution in [3.63, 3.8) is 0 Å². The number of likely N-dealkylation sites (N-methyl/N-ethyl adjacent to an activating group) is 1. The zero-order chi connectivity index (χ0) is 14.0. The van der Waals surface area contributed by atoms with E-state index in [9.17, 15) is 4.79 Å². The normalized spacial score (nSPS) is 24.4. The molecule has 1 aliphatic rings. The van der Waals surface area contributed by atoms with E-state index in [-0.39, 0.29) is 18.0 Å². The number of hydrogen-bond acceptors (Lipinski definition) is 2. The molecule has 3 nitrogen and oxygen atoms in total. The van der Waals surface area contributed by atoms with Gasteiger partial charge in [-0.1, -0.05) is 28.1 Å². The van der Waals surface area contributed by atoms with Crippen molar-refractivity contribution in [3.8, 4) is 0 Å². The van der Waals surface area contributed by atoms with E-state index in [0.29, 0.717) is 13.0 Å². The van der Waals surface area contributed by atoms with Crippen molar-refractivity contribution in [3.05, 3.63) is 33.8 Å². The fourth-order valence-corrected chi connectivity index (χ4v) is 3.55. The van der Waals surface area contributed by atoms with Gasteiger partial charge >= 0.3 is 0 Å². The summed E-state index contributed by atoms with van der Waals surface area (Å²) in [6.07, 6.45) is 2.39. The zero-order valence-corrected chi connectivity index (χ0v) is 13.1. The van der Waals surface area contributed by atoms with E-state index in [1.807, 2.05) is 11.8 Å². The third-order valence-electron chi connectivity index (χ3n) is 3.81. The molecule has 0 spiro atoms. The summed E-state index contributed by atoms with van der Waals surface area (Å²) in [4.78, 5) is 14.1. The average Bonchev–Trinajstić information content (AvgIpc) is 2.49. The van der Waals surface area contributed by atoms with Crippen LogP contribution in [0.15, 0.2) is 22.7 Å². The van der Waals surface area contributed by atoms with E-state index < -0.39 is 0 Å². The Morgan fingerprint density at radius 2 is 2.21 bits per heavy atom. The first-order valence-corrected chi connectivity index (χ1v) is 7.65. The molecule has 104 valence electrons. The number of carbonyl (C=O) groups excluding carboxylic acids is 1. The van der Waals surface area contributed by atoms with Crippen LogP contribution in [-0.2, 0) is 4.79 Å². The highest BCUT2D eigenvalue weighted by Gasteiger charge is 2.32. The van der Waals surface area contributed by atoms with Gasteiger partial charge in [0, 0.05) is 23.5 Å². The lowest BCUT2D eigenvalue weighted by Crippen LogP contribution is -2.42. The van der Waals surface area contributed by atoms with E-state index >= 15 is 0 Å². The van der Waals surface area contributed by atoms with Crippen LogP contribution >= 0.6 is 15.9 Å². The minimum absolute atomic E-state index is 0.00501. The fraction of sp³-hybridized carbons (Fsp3) is 0.533. The molecule has 1 aromatic carbocycles. The summed E-state index contributed by atoms with van der Waals surface area (Å²) in [5, 5.41) is 0. The van der Waals surface area contributed by atoms with Crippen LogP contribution in [0.5, 0.6) is 0 Å². The molecule has 2 N–H and O–H groups in total. The Kier molecular flexibility index (Phi) is 4.63. The van der Waals surface area contributed by atoms with Crippen molar-refractivity contribution in [2.45, 2.75) is 45.2 Å². The highest BCUT2D eigenvalue weighted by molar-refractivity contribution is 9.10. The molecular formula is C15H21BrN2O. The van der Waals surface area contributed by atoms with Crippen LogP contribution in [0, 0.1) is 6.92 Å². The summed E-state index contributed by atoms with van der Waals surface area (Å²) >= 11 is 3.62. The van der Waals surface area contributed by atoms with Crippen molar-refractivity contribution >= 4 is 21.8 Å². The van der Waals surface area contributed by atoms with E-state index in [1.165, 1.54) is 5.56 Å². The van der Waals surface area contributed by atoms with E-state index in [4.69, 9.17) is 5.73 Å². The molecule has 0 saturated carbocycles. The predicted molar refractivity (Wildman–Crippen MR) is 80.8 cm³/mol. The fourth-order valence-electron chi connectivity index (χ4n) is 2.82. The largest absolute Gasteiger partial charge is 0.334 e. The number of benzene rings is 1. The molecule has 1 heterocycles. The van der Waals surface area contributed by atoms with Gasteiger partial charge in [0.2, 0.25) is 5.91 Å². The molecule has 1 saturated heterocycles. The third kappa shape index (κ3) is 3.00.